The van der Waals surface area contributed by atoms with Crippen LogP contribution in [0.15, 0.2) is 0 Å². The second-order valence-electron chi connectivity index (χ2n) is 19.8. The summed E-state index contributed by atoms with van der Waals surface area (Å²) in [5.74, 6) is -1.43. The first-order valence-electron chi connectivity index (χ1n) is 28.9. The van der Waals surface area contributed by atoms with E-state index in [4.69, 9.17) is 23.3 Å². The number of aliphatic hydroxyl groups excluding tert-OH is 1. The average Bonchev–Trinajstić information content (AvgIpc) is 3.32. The fraction of sp³-hybridized carbons (Fsp3) is 0.946. The molecule has 0 amide bonds. The van der Waals surface area contributed by atoms with E-state index >= 15 is 0 Å². The summed E-state index contributed by atoms with van der Waals surface area (Å²) in [5, 5.41) is 9.78. The summed E-state index contributed by atoms with van der Waals surface area (Å²) in [6, 6.07) is 0. The Morgan fingerprint density at radius 1 is 0.353 bits per heavy atom. The number of unbranched alkanes of at least 4 members (excludes halogenated alkanes) is 38. The van der Waals surface area contributed by atoms with E-state index in [2.05, 4.69) is 20.8 Å². The minimum absolute atomic E-state index is 0.177. The number of aliphatic hydroxyl groups is 1. The van der Waals surface area contributed by atoms with Crippen molar-refractivity contribution in [3.63, 3.8) is 0 Å². The van der Waals surface area contributed by atoms with Crippen LogP contribution in [-0.2, 0) is 42.2 Å². The van der Waals surface area contributed by atoms with E-state index in [1.807, 2.05) is 0 Å². The molecule has 11 nitrogen and oxygen atoms in total. The zero-order chi connectivity index (χ0) is 49.9. The summed E-state index contributed by atoms with van der Waals surface area (Å²) in [6.07, 6.45) is 47.8. The molecular weight excluding hydrogens is 880 g/mol. The fourth-order valence-electron chi connectivity index (χ4n) is 8.59. The predicted molar refractivity (Wildman–Crippen MR) is 280 cm³/mol. The molecule has 68 heavy (non-hydrogen) atoms. The Labute approximate surface area is 418 Å². The Balaban J connectivity index is 4.59. The van der Waals surface area contributed by atoms with Crippen LogP contribution in [0.25, 0.3) is 0 Å². The Kier molecular flexibility index (Phi) is 50.7. The molecule has 0 rings (SSSR count). The molecule has 0 fully saturated rings. The molecule has 0 saturated carbocycles. The van der Waals surface area contributed by atoms with Crippen LogP contribution in [0.2, 0.25) is 0 Å². The van der Waals surface area contributed by atoms with Crippen molar-refractivity contribution < 1.29 is 52.2 Å². The van der Waals surface area contributed by atoms with Crippen LogP contribution in [0.3, 0.4) is 0 Å². The molecular formula is C56H109O11P. The van der Waals surface area contributed by atoms with Gasteiger partial charge in [0.05, 0.1) is 19.8 Å². The molecule has 0 radical (unpaired) electrons. The minimum Gasteiger partial charge on any atom is -0.462 e. The molecule has 2 N–H and O–H groups in total. The van der Waals surface area contributed by atoms with Gasteiger partial charge in [0.1, 0.15) is 12.7 Å². The van der Waals surface area contributed by atoms with E-state index in [0.717, 1.165) is 57.8 Å². The van der Waals surface area contributed by atoms with Gasteiger partial charge >= 0.3 is 25.7 Å². The molecule has 0 bridgehead atoms. The molecule has 3 unspecified atom stereocenters. The highest BCUT2D eigenvalue weighted by Gasteiger charge is 2.28. The number of carbonyl (C=O) groups excluding carboxylic acids is 3. The van der Waals surface area contributed by atoms with Crippen molar-refractivity contribution in [3.05, 3.63) is 0 Å². The lowest BCUT2D eigenvalue weighted by atomic mass is 10.0. The summed E-state index contributed by atoms with van der Waals surface area (Å²) >= 11 is 0. The summed E-state index contributed by atoms with van der Waals surface area (Å²) in [7, 11) is -4.73. The summed E-state index contributed by atoms with van der Waals surface area (Å²) in [5.41, 5.74) is 0. The van der Waals surface area contributed by atoms with Crippen LogP contribution >= 0.6 is 7.82 Å². The first-order valence-corrected chi connectivity index (χ1v) is 30.4. The van der Waals surface area contributed by atoms with E-state index in [1.165, 1.54) is 186 Å². The van der Waals surface area contributed by atoms with Crippen LogP contribution in [0, 0.1) is 0 Å². The highest BCUT2D eigenvalue weighted by atomic mass is 31.2. The third-order valence-corrected chi connectivity index (χ3v) is 14.0. The van der Waals surface area contributed by atoms with Crippen molar-refractivity contribution in [2.75, 3.05) is 26.4 Å². The maximum Gasteiger partial charge on any atom is 0.472 e. The van der Waals surface area contributed by atoms with Crippen LogP contribution < -0.4 is 0 Å². The number of hydrogen-bond acceptors (Lipinski definition) is 10. The molecule has 0 spiro atoms. The van der Waals surface area contributed by atoms with E-state index in [9.17, 15) is 28.9 Å². The molecule has 0 aliphatic carbocycles. The topological polar surface area (TPSA) is 155 Å². The van der Waals surface area contributed by atoms with Crippen molar-refractivity contribution in [3.8, 4) is 0 Å². The van der Waals surface area contributed by atoms with Crippen molar-refractivity contribution in [2.24, 2.45) is 0 Å². The number of ether oxygens (including phenoxy) is 3. The van der Waals surface area contributed by atoms with E-state index < -0.39 is 57.8 Å². The zero-order valence-electron chi connectivity index (χ0n) is 44.6. The largest absolute Gasteiger partial charge is 0.472 e. The maximum atomic E-state index is 12.9. The minimum atomic E-state index is -4.73. The Morgan fingerprint density at radius 3 is 0.868 bits per heavy atom. The van der Waals surface area contributed by atoms with Gasteiger partial charge < -0.3 is 24.2 Å². The molecule has 0 saturated heterocycles. The van der Waals surface area contributed by atoms with Crippen molar-refractivity contribution in [2.45, 2.75) is 315 Å². The van der Waals surface area contributed by atoms with Gasteiger partial charge in [-0.1, -0.05) is 265 Å². The average molecular weight is 989 g/mol. The van der Waals surface area contributed by atoms with E-state index in [-0.39, 0.29) is 25.9 Å². The summed E-state index contributed by atoms with van der Waals surface area (Å²) < 4.78 is 39.4. The monoisotopic (exact) mass is 989 g/mol. The molecule has 0 aliphatic heterocycles. The van der Waals surface area contributed by atoms with Gasteiger partial charge in [0.15, 0.2) is 6.10 Å². The Bertz CT molecular complexity index is 1150. The van der Waals surface area contributed by atoms with E-state index in [1.54, 1.807) is 0 Å². The van der Waals surface area contributed by atoms with Gasteiger partial charge in [0.25, 0.3) is 0 Å². The van der Waals surface area contributed by atoms with Crippen LogP contribution in [0.5, 0.6) is 0 Å². The van der Waals surface area contributed by atoms with Gasteiger partial charge in [-0.05, 0) is 19.3 Å². The molecule has 0 aromatic heterocycles. The lowest BCUT2D eigenvalue weighted by Crippen LogP contribution is -2.30. The Hall–Kier alpha value is -1.52. The smallest absolute Gasteiger partial charge is 0.462 e. The SMILES string of the molecule is CCCCCCCCCCCCCCCCCCCCCC(=O)OCC(COP(=O)(O)OCC(CO)OC(=O)CCCCCCCCCCCCC)OC(=O)CCCCCCCCCCCCC. The second-order valence-corrected chi connectivity index (χ2v) is 21.3. The molecule has 0 heterocycles. The third-order valence-electron chi connectivity index (χ3n) is 13.0. The van der Waals surface area contributed by atoms with Crippen LogP contribution in [-0.4, -0.2) is 66.5 Å². The number of hydrogen-bond donors (Lipinski definition) is 2. The molecule has 0 aromatic carbocycles. The fourth-order valence-corrected chi connectivity index (χ4v) is 9.38. The highest BCUT2D eigenvalue weighted by molar-refractivity contribution is 7.47. The molecule has 12 heteroatoms. The van der Waals surface area contributed by atoms with Crippen LogP contribution in [0.4, 0.5) is 0 Å². The lowest BCUT2D eigenvalue weighted by Gasteiger charge is -2.21. The van der Waals surface area contributed by atoms with Gasteiger partial charge in [-0.2, -0.15) is 0 Å². The number of phosphoric ester groups is 1. The number of rotatable bonds is 55. The first kappa shape index (κ1) is 66.5. The van der Waals surface area contributed by atoms with E-state index in [0.29, 0.717) is 19.3 Å². The van der Waals surface area contributed by atoms with Gasteiger partial charge in [0, 0.05) is 19.3 Å². The molecule has 3 atom stereocenters. The summed E-state index contributed by atoms with van der Waals surface area (Å²) in [6.45, 7) is 4.69. The Morgan fingerprint density at radius 2 is 0.588 bits per heavy atom. The van der Waals surface area contributed by atoms with Crippen molar-refractivity contribution in [1.29, 1.82) is 0 Å². The number of phosphoric acid groups is 1. The quantitative estimate of drug-likeness (QED) is 0.0259. The lowest BCUT2D eigenvalue weighted by molar-refractivity contribution is -0.161. The molecule has 404 valence electrons. The number of carbonyl (C=O) groups is 3. The van der Waals surface area contributed by atoms with Crippen LogP contribution in [0.1, 0.15) is 303 Å². The van der Waals surface area contributed by atoms with Gasteiger partial charge in [-0.3, -0.25) is 23.4 Å². The maximum absolute atomic E-state index is 12.9. The summed E-state index contributed by atoms with van der Waals surface area (Å²) in [4.78, 5) is 48.4. The highest BCUT2D eigenvalue weighted by Crippen LogP contribution is 2.43. The standard InChI is InChI=1S/C56H109O11P/c1-4-7-10-13-16-19-22-23-24-25-26-27-28-29-32-33-36-39-42-45-54(58)63-49-53(67-56(60)47-44-41-38-35-31-21-18-15-12-9-6-3)51-65-68(61,62)64-50-52(48-57)66-55(59)46-43-40-37-34-30-20-17-14-11-8-5-2/h52-53,57H,4-51H2,1-3H3,(H,61,62). The number of esters is 3. The first-order chi connectivity index (χ1) is 33.2. The predicted octanol–water partition coefficient (Wildman–Crippen LogP) is 16.7. The molecule has 0 aliphatic rings. The van der Waals surface area contributed by atoms with Gasteiger partial charge in [-0.25, -0.2) is 4.57 Å². The van der Waals surface area contributed by atoms with Gasteiger partial charge in [0.2, 0.25) is 0 Å². The molecule has 0 aromatic rings. The second kappa shape index (κ2) is 51.8. The normalized spacial score (nSPS) is 13.3. The van der Waals surface area contributed by atoms with Crippen molar-refractivity contribution in [1.82, 2.24) is 0 Å². The zero-order valence-corrected chi connectivity index (χ0v) is 45.5. The van der Waals surface area contributed by atoms with Crippen molar-refractivity contribution >= 4 is 25.7 Å². The third kappa shape index (κ3) is 49.5. The van der Waals surface area contributed by atoms with Gasteiger partial charge in [-0.15, -0.1) is 0 Å².